The molecule has 0 aliphatic rings. The van der Waals surface area contributed by atoms with Gasteiger partial charge in [0, 0.05) is 17.7 Å². The number of carbonyl (C=O) groups excluding carboxylic acids is 1. The number of nitrogens with zero attached hydrogens (tertiary/aromatic N) is 1. The number of hydrogen-bond acceptors (Lipinski definition) is 2. The highest BCUT2D eigenvalue weighted by Crippen LogP contribution is 2.27. The SMILES string of the molecule is Cn1cccc1C(=O)COc1cc(Br)ccc1Cl. The fraction of sp³-hybridized carbons (Fsp3) is 0.154. The summed E-state index contributed by atoms with van der Waals surface area (Å²) in [4.78, 5) is 11.9. The third-order valence-corrected chi connectivity index (χ3v) is 3.29. The van der Waals surface area contributed by atoms with Gasteiger partial charge in [-0.2, -0.15) is 0 Å². The summed E-state index contributed by atoms with van der Waals surface area (Å²) < 4.78 is 8.05. The fourth-order valence-corrected chi connectivity index (χ4v) is 2.07. The van der Waals surface area contributed by atoms with Gasteiger partial charge in [0.25, 0.3) is 0 Å². The second-order valence-corrected chi connectivity index (χ2v) is 5.11. The fourth-order valence-electron chi connectivity index (χ4n) is 1.56. The number of Topliss-reactive ketones (excluding diaryl/α,β-unsaturated/α-hetero) is 1. The predicted molar refractivity (Wildman–Crippen MR) is 74.4 cm³/mol. The van der Waals surface area contributed by atoms with Gasteiger partial charge in [-0.05, 0) is 30.3 Å². The molecule has 1 heterocycles. The highest BCUT2D eigenvalue weighted by molar-refractivity contribution is 9.10. The Bertz CT molecular complexity index is 580. The lowest BCUT2D eigenvalue weighted by Crippen LogP contribution is -2.14. The molecule has 0 N–H and O–H groups in total. The van der Waals surface area contributed by atoms with Crippen molar-refractivity contribution in [1.82, 2.24) is 4.57 Å². The number of aryl methyl sites for hydroxylation is 1. The van der Waals surface area contributed by atoms with Crippen molar-refractivity contribution in [2.45, 2.75) is 0 Å². The monoisotopic (exact) mass is 327 g/mol. The van der Waals surface area contributed by atoms with Crippen molar-refractivity contribution in [1.29, 1.82) is 0 Å². The summed E-state index contributed by atoms with van der Waals surface area (Å²) in [6, 6.07) is 8.84. The van der Waals surface area contributed by atoms with E-state index in [0.29, 0.717) is 16.5 Å². The molecule has 2 aromatic rings. The maximum absolute atomic E-state index is 11.9. The summed E-state index contributed by atoms with van der Waals surface area (Å²) in [5.74, 6) is 0.409. The Morgan fingerprint density at radius 2 is 2.22 bits per heavy atom. The molecule has 0 aliphatic heterocycles. The van der Waals surface area contributed by atoms with E-state index in [-0.39, 0.29) is 12.4 Å². The van der Waals surface area contributed by atoms with Crippen LogP contribution in [0.3, 0.4) is 0 Å². The second-order valence-electron chi connectivity index (χ2n) is 3.79. The van der Waals surface area contributed by atoms with E-state index in [2.05, 4.69) is 15.9 Å². The zero-order chi connectivity index (χ0) is 13.1. The summed E-state index contributed by atoms with van der Waals surface area (Å²) in [5, 5.41) is 0.484. The molecule has 0 amide bonds. The Hall–Kier alpha value is -1.26. The molecule has 0 aliphatic carbocycles. The largest absolute Gasteiger partial charge is 0.484 e. The molecular weight excluding hydrogens is 318 g/mol. The van der Waals surface area contributed by atoms with Crippen molar-refractivity contribution in [3.63, 3.8) is 0 Å². The van der Waals surface area contributed by atoms with Crippen molar-refractivity contribution in [2.24, 2.45) is 7.05 Å². The van der Waals surface area contributed by atoms with Gasteiger partial charge in [-0.3, -0.25) is 4.79 Å². The topological polar surface area (TPSA) is 31.2 Å². The molecule has 0 spiro atoms. The van der Waals surface area contributed by atoms with Gasteiger partial charge in [0.15, 0.2) is 6.61 Å². The average molecular weight is 329 g/mol. The molecule has 1 aromatic carbocycles. The van der Waals surface area contributed by atoms with Gasteiger partial charge in [0.05, 0.1) is 10.7 Å². The van der Waals surface area contributed by atoms with Crippen LogP contribution >= 0.6 is 27.5 Å². The molecule has 94 valence electrons. The minimum absolute atomic E-state index is 0.0337. The highest BCUT2D eigenvalue weighted by atomic mass is 79.9. The van der Waals surface area contributed by atoms with Gasteiger partial charge >= 0.3 is 0 Å². The first kappa shape index (κ1) is 13.2. The zero-order valence-corrected chi connectivity index (χ0v) is 12.0. The van der Waals surface area contributed by atoms with Gasteiger partial charge in [-0.15, -0.1) is 0 Å². The third kappa shape index (κ3) is 2.94. The van der Waals surface area contributed by atoms with Crippen molar-refractivity contribution in [3.05, 3.63) is 51.7 Å². The van der Waals surface area contributed by atoms with Crippen LogP contribution in [0, 0.1) is 0 Å². The molecular formula is C13H11BrClNO2. The normalized spacial score (nSPS) is 10.4. The molecule has 0 saturated heterocycles. The summed E-state index contributed by atoms with van der Waals surface area (Å²) >= 11 is 9.30. The van der Waals surface area contributed by atoms with Crippen LogP contribution in [-0.2, 0) is 7.05 Å². The van der Waals surface area contributed by atoms with E-state index in [1.165, 1.54) is 0 Å². The molecule has 5 heteroatoms. The molecule has 3 nitrogen and oxygen atoms in total. The molecule has 0 saturated carbocycles. The van der Waals surface area contributed by atoms with Gasteiger partial charge in [-0.1, -0.05) is 27.5 Å². The van der Waals surface area contributed by atoms with Crippen molar-refractivity contribution in [3.8, 4) is 5.75 Å². The first-order chi connectivity index (χ1) is 8.58. The van der Waals surface area contributed by atoms with Crippen LogP contribution in [0.15, 0.2) is 41.0 Å². The predicted octanol–water partition coefficient (Wildman–Crippen LogP) is 3.70. The van der Waals surface area contributed by atoms with E-state index in [1.807, 2.05) is 25.4 Å². The van der Waals surface area contributed by atoms with Crippen LogP contribution in [0.25, 0.3) is 0 Å². The van der Waals surface area contributed by atoms with Gasteiger partial charge in [0.2, 0.25) is 5.78 Å². The molecule has 0 atom stereocenters. The Kier molecular flexibility index (Phi) is 4.09. The lowest BCUT2D eigenvalue weighted by molar-refractivity contribution is 0.0913. The van der Waals surface area contributed by atoms with E-state index in [9.17, 15) is 4.79 Å². The van der Waals surface area contributed by atoms with Gasteiger partial charge in [0.1, 0.15) is 5.75 Å². The van der Waals surface area contributed by atoms with Crippen LogP contribution < -0.4 is 4.74 Å². The number of rotatable bonds is 4. The average Bonchev–Trinajstić information content (AvgIpc) is 2.76. The molecule has 0 radical (unpaired) electrons. The number of aromatic nitrogens is 1. The quantitative estimate of drug-likeness (QED) is 0.801. The van der Waals surface area contributed by atoms with E-state index in [1.54, 1.807) is 22.8 Å². The minimum Gasteiger partial charge on any atom is -0.484 e. The number of halogens is 2. The first-order valence-electron chi connectivity index (χ1n) is 5.30. The van der Waals surface area contributed by atoms with Crippen LogP contribution in [0.2, 0.25) is 5.02 Å². The number of benzene rings is 1. The van der Waals surface area contributed by atoms with E-state index >= 15 is 0 Å². The smallest absolute Gasteiger partial charge is 0.216 e. The Balaban J connectivity index is 2.06. The maximum Gasteiger partial charge on any atom is 0.216 e. The van der Waals surface area contributed by atoms with Gasteiger partial charge in [-0.25, -0.2) is 0 Å². The molecule has 2 rings (SSSR count). The van der Waals surface area contributed by atoms with Crippen molar-refractivity contribution >= 4 is 33.3 Å². The molecule has 0 fully saturated rings. The van der Waals surface area contributed by atoms with Crippen molar-refractivity contribution in [2.75, 3.05) is 6.61 Å². The Morgan fingerprint density at radius 1 is 1.44 bits per heavy atom. The molecule has 0 bridgehead atoms. The molecule has 1 aromatic heterocycles. The Labute approximate surface area is 118 Å². The van der Waals surface area contributed by atoms with Crippen LogP contribution in [0.1, 0.15) is 10.5 Å². The number of hydrogen-bond donors (Lipinski definition) is 0. The molecule has 18 heavy (non-hydrogen) atoms. The number of ether oxygens (including phenoxy) is 1. The number of ketones is 1. The summed E-state index contributed by atoms with van der Waals surface area (Å²) in [7, 11) is 1.82. The van der Waals surface area contributed by atoms with Crippen LogP contribution in [-0.4, -0.2) is 17.0 Å². The summed E-state index contributed by atoms with van der Waals surface area (Å²) in [5.41, 5.74) is 0.612. The minimum atomic E-state index is -0.0847. The first-order valence-corrected chi connectivity index (χ1v) is 6.47. The molecule has 0 unspecified atom stereocenters. The van der Waals surface area contributed by atoms with E-state index < -0.39 is 0 Å². The lowest BCUT2D eigenvalue weighted by atomic mass is 10.3. The van der Waals surface area contributed by atoms with Crippen LogP contribution in [0.5, 0.6) is 5.75 Å². The second kappa shape index (κ2) is 5.59. The van der Waals surface area contributed by atoms with E-state index in [4.69, 9.17) is 16.3 Å². The zero-order valence-electron chi connectivity index (χ0n) is 9.69. The Morgan fingerprint density at radius 3 is 2.89 bits per heavy atom. The van der Waals surface area contributed by atoms with Crippen LogP contribution in [0.4, 0.5) is 0 Å². The standard InChI is InChI=1S/C13H11BrClNO2/c1-16-6-2-3-11(16)12(17)8-18-13-7-9(14)4-5-10(13)15/h2-7H,8H2,1H3. The highest BCUT2D eigenvalue weighted by Gasteiger charge is 2.11. The van der Waals surface area contributed by atoms with Gasteiger partial charge < -0.3 is 9.30 Å². The summed E-state index contributed by atoms with van der Waals surface area (Å²) in [6.45, 7) is -0.0337. The maximum atomic E-state index is 11.9. The lowest BCUT2D eigenvalue weighted by Gasteiger charge is -2.08. The number of carbonyl (C=O) groups is 1. The third-order valence-electron chi connectivity index (χ3n) is 2.48. The van der Waals surface area contributed by atoms with E-state index in [0.717, 1.165) is 4.47 Å². The van der Waals surface area contributed by atoms with Crippen molar-refractivity contribution < 1.29 is 9.53 Å². The summed E-state index contributed by atoms with van der Waals surface area (Å²) in [6.07, 6.45) is 1.82.